The Morgan fingerprint density at radius 3 is 2.39 bits per heavy atom. The van der Waals surface area contributed by atoms with Crippen LogP contribution in [0.2, 0.25) is 0 Å². The number of amides is 2. The molecule has 2 aliphatic rings. The zero-order valence-corrected chi connectivity index (χ0v) is 17.0. The van der Waals surface area contributed by atoms with Crippen LogP contribution in [0.25, 0.3) is 5.70 Å². The molecule has 11 nitrogen and oxygen atoms in total. The van der Waals surface area contributed by atoms with E-state index in [2.05, 4.69) is 35.1 Å². The smallest absolute Gasteiger partial charge is 0.390 e. The predicted molar refractivity (Wildman–Crippen MR) is 101 cm³/mol. The molecule has 2 bridgehead atoms. The van der Waals surface area contributed by atoms with E-state index >= 15 is 0 Å². The number of carbonyl (C=O) groups is 1. The molecule has 28 heavy (non-hydrogen) atoms. The van der Waals surface area contributed by atoms with Crippen molar-refractivity contribution >= 4 is 22.1 Å². The van der Waals surface area contributed by atoms with E-state index in [4.69, 9.17) is 9.66 Å². The van der Waals surface area contributed by atoms with Crippen molar-refractivity contribution < 1.29 is 27.2 Å². The van der Waals surface area contributed by atoms with Crippen LogP contribution >= 0.6 is 0 Å². The Morgan fingerprint density at radius 1 is 1.29 bits per heavy atom. The molecule has 0 spiro atoms. The molecule has 0 aromatic carbocycles. The third-order valence-electron chi connectivity index (χ3n) is 4.52. The van der Waals surface area contributed by atoms with E-state index in [-0.39, 0.29) is 19.7 Å². The zero-order valence-electron chi connectivity index (χ0n) is 16.2. The molecule has 1 aromatic heterocycles. The molecular formula is C16H27N5O6S. The van der Waals surface area contributed by atoms with Gasteiger partial charge in [-0.1, -0.05) is 20.8 Å². The van der Waals surface area contributed by atoms with Crippen LogP contribution in [-0.4, -0.2) is 87.5 Å². The van der Waals surface area contributed by atoms with Crippen molar-refractivity contribution in [3.8, 4) is 0 Å². The minimum atomic E-state index is -4.77. The molecular weight excluding hydrogens is 390 g/mol. The van der Waals surface area contributed by atoms with Gasteiger partial charge in [0.2, 0.25) is 0 Å². The fourth-order valence-electron chi connectivity index (χ4n) is 3.00. The van der Waals surface area contributed by atoms with Gasteiger partial charge in [0.15, 0.2) is 0 Å². The van der Waals surface area contributed by atoms with E-state index in [1.54, 1.807) is 18.3 Å². The summed E-state index contributed by atoms with van der Waals surface area (Å²) in [6.07, 6.45) is 3.25. The van der Waals surface area contributed by atoms with Gasteiger partial charge in [-0.05, 0) is 31.8 Å². The van der Waals surface area contributed by atoms with Crippen LogP contribution in [-0.2, 0) is 21.3 Å². The maximum atomic E-state index is 12.0. The summed E-state index contributed by atoms with van der Waals surface area (Å²) in [7, 11) is -4.77. The first kappa shape index (κ1) is 22.3. The Morgan fingerprint density at radius 2 is 1.93 bits per heavy atom. The average Bonchev–Trinajstić information content (AvgIpc) is 3.22. The molecule has 0 saturated carbocycles. The third-order valence-corrected chi connectivity index (χ3v) is 4.87. The number of hydrogen-bond donors (Lipinski definition) is 2. The molecule has 1 fully saturated rings. The number of nitrogens with zero attached hydrogens (tertiary/aromatic N) is 5. The molecule has 3 heterocycles. The van der Waals surface area contributed by atoms with Crippen LogP contribution in [0.5, 0.6) is 0 Å². The normalized spacial score (nSPS) is 19.0. The van der Waals surface area contributed by atoms with Gasteiger partial charge >= 0.3 is 16.4 Å². The van der Waals surface area contributed by atoms with Gasteiger partial charge in [-0.15, -0.1) is 4.28 Å². The molecule has 0 radical (unpaired) electrons. The molecule has 1 aromatic rings. The summed E-state index contributed by atoms with van der Waals surface area (Å²) < 4.78 is 36.0. The van der Waals surface area contributed by atoms with Crippen molar-refractivity contribution in [2.75, 3.05) is 32.7 Å². The first-order valence-corrected chi connectivity index (χ1v) is 10.4. The van der Waals surface area contributed by atoms with E-state index in [0.717, 1.165) is 0 Å². The number of aromatic nitrogens is 2. The molecule has 1 atom stereocenters. The summed E-state index contributed by atoms with van der Waals surface area (Å²) in [5.41, 5.74) is 1.11. The summed E-state index contributed by atoms with van der Waals surface area (Å²) in [4.78, 5) is 15.7. The lowest BCUT2D eigenvalue weighted by molar-refractivity contribution is -0.0183. The minimum Gasteiger partial charge on any atom is -0.390 e. The quantitative estimate of drug-likeness (QED) is 0.611. The van der Waals surface area contributed by atoms with Gasteiger partial charge in [0.05, 0.1) is 24.5 Å². The van der Waals surface area contributed by atoms with E-state index in [1.165, 1.54) is 29.2 Å². The van der Waals surface area contributed by atoms with Crippen LogP contribution < -0.4 is 0 Å². The Labute approximate surface area is 164 Å². The van der Waals surface area contributed by atoms with Gasteiger partial charge in [0.25, 0.3) is 0 Å². The first-order valence-electron chi connectivity index (χ1n) is 9.06. The molecule has 3 rings (SSSR count). The Bertz CT molecular complexity index is 799. The summed E-state index contributed by atoms with van der Waals surface area (Å²) in [6, 6.07) is 0.324. The van der Waals surface area contributed by atoms with E-state index in [0.29, 0.717) is 16.5 Å². The Hall–Kier alpha value is -1.99. The van der Waals surface area contributed by atoms with Crippen LogP contribution in [0, 0.1) is 0 Å². The summed E-state index contributed by atoms with van der Waals surface area (Å²) in [6.45, 7) is 10.4. The van der Waals surface area contributed by atoms with Gasteiger partial charge < -0.3 is 14.9 Å². The van der Waals surface area contributed by atoms with Gasteiger partial charge in [-0.3, -0.25) is 4.55 Å². The topological polar surface area (TPSA) is 128 Å². The maximum Gasteiger partial charge on any atom is 0.418 e. The number of hydrogen-bond acceptors (Lipinski definition) is 7. The van der Waals surface area contributed by atoms with E-state index < -0.39 is 22.5 Å². The number of urea groups is 1. The van der Waals surface area contributed by atoms with Crippen LogP contribution in [0.4, 0.5) is 4.79 Å². The number of aliphatic hydroxyl groups excluding tert-OH is 1. The lowest BCUT2D eigenvalue weighted by Crippen LogP contribution is -2.35. The molecule has 1 unspecified atom stereocenters. The molecule has 2 N–H and O–H groups in total. The van der Waals surface area contributed by atoms with Crippen molar-refractivity contribution in [1.29, 1.82) is 0 Å². The summed E-state index contributed by atoms with van der Waals surface area (Å²) >= 11 is 0. The average molecular weight is 417 g/mol. The summed E-state index contributed by atoms with van der Waals surface area (Å²) in [5, 5.41) is 13.7. The Kier molecular flexibility index (Phi) is 7.55. The van der Waals surface area contributed by atoms with E-state index in [9.17, 15) is 13.2 Å². The summed E-state index contributed by atoms with van der Waals surface area (Å²) in [5.74, 6) is 0. The third kappa shape index (κ3) is 5.52. The molecule has 2 aliphatic heterocycles. The number of carbonyl (C=O) groups excluding carboxylic acids is 1. The van der Waals surface area contributed by atoms with Gasteiger partial charge in [-0.2, -0.15) is 18.6 Å². The number of rotatable bonds is 7. The lowest BCUT2D eigenvalue weighted by atomic mass is 10.2. The van der Waals surface area contributed by atoms with Crippen molar-refractivity contribution in [1.82, 2.24) is 24.6 Å². The largest absolute Gasteiger partial charge is 0.418 e. The van der Waals surface area contributed by atoms with Crippen molar-refractivity contribution in [2.24, 2.45) is 0 Å². The number of fused-ring (bicyclic) bond motifs is 2. The van der Waals surface area contributed by atoms with Gasteiger partial charge in [0, 0.05) is 12.7 Å². The van der Waals surface area contributed by atoms with Crippen molar-refractivity contribution in [3.63, 3.8) is 0 Å². The second-order valence-corrected chi connectivity index (χ2v) is 7.25. The Balaban J connectivity index is 0.000000345. The molecule has 12 heteroatoms. The van der Waals surface area contributed by atoms with Crippen LogP contribution in [0.3, 0.4) is 0 Å². The molecule has 0 aliphatic carbocycles. The second-order valence-electron chi connectivity index (χ2n) is 6.25. The highest BCUT2D eigenvalue weighted by molar-refractivity contribution is 7.80. The maximum absolute atomic E-state index is 12.0. The molecule has 158 valence electrons. The highest BCUT2D eigenvalue weighted by Crippen LogP contribution is 2.27. The van der Waals surface area contributed by atoms with Gasteiger partial charge in [-0.25, -0.2) is 9.48 Å². The monoisotopic (exact) mass is 417 g/mol. The highest BCUT2D eigenvalue weighted by atomic mass is 32.3. The fourth-order valence-corrected chi connectivity index (χ4v) is 3.37. The van der Waals surface area contributed by atoms with Crippen LogP contribution in [0.15, 0.2) is 18.3 Å². The molecule has 2 amide bonds. The SMILES string of the molecule is CCN(CC)CC.O=C1N2CC(n3ccc(CO)n3)=CC(C2)N1OS(=O)(=O)O. The fraction of sp³-hybridized carbons (Fsp3) is 0.625. The minimum absolute atomic E-state index is 0.204. The second kappa shape index (κ2) is 9.47. The number of hydroxylamine groups is 2. The van der Waals surface area contributed by atoms with Gasteiger partial charge in [0.1, 0.15) is 6.04 Å². The predicted octanol–water partition coefficient (Wildman–Crippen LogP) is 0.419. The standard InChI is InChI=1S/C10H12N4O6S.C6H15N/c15-6-7-1-2-13(11-7)8-3-9-5-12(4-8)10(16)14(9)20-21(17,18)19;1-4-7(5-2)6-3/h1-3,9,15H,4-6H2,(H,17,18,19);4-6H2,1-3H3. The zero-order chi connectivity index (χ0) is 20.9. The van der Waals surface area contributed by atoms with E-state index in [1.807, 2.05) is 0 Å². The lowest BCUT2D eigenvalue weighted by Gasteiger charge is -2.20. The highest BCUT2D eigenvalue weighted by Gasteiger charge is 2.43. The molecule has 1 saturated heterocycles. The van der Waals surface area contributed by atoms with Crippen LogP contribution in [0.1, 0.15) is 26.5 Å². The first-order chi connectivity index (χ1) is 13.2. The van der Waals surface area contributed by atoms with Crippen molar-refractivity contribution in [3.05, 3.63) is 24.0 Å². The number of aliphatic hydroxyl groups is 1. The van der Waals surface area contributed by atoms with Crippen molar-refractivity contribution in [2.45, 2.75) is 33.4 Å².